The Labute approximate surface area is 91.5 Å². The van der Waals surface area contributed by atoms with Crippen LogP contribution in [0.5, 0.6) is 0 Å². The largest absolute Gasteiger partial charge is 0.481 e. The van der Waals surface area contributed by atoms with Gasteiger partial charge >= 0.3 is 5.97 Å². The lowest BCUT2D eigenvalue weighted by Gasteiger charge is -2.04. The summed E-state index contributed by atoms with van der Waals surface area (Å²) in [5.41, 5.74) is 1.00. The van der Waals surface area contributed by atoms with E-state index < -0.39 is 17.7 Å². The predicted molar refractivity (Wildman–Crippen MR) is 57.0 cm³/mol. The number of rotatable bonds is 2. The Hall–Kier alpha value is -1.84. The lowest BCUT2D eigenvalue weighted by Crippen LogP contribution is -2.07. The third-order valence-electron chi connectivity index (χ3n) is 2.68. The summed E-state index contributed by atoms with van der Waals surface area (Å²) in [4.78, 5) is 10.9. The average Bonchev–Trinajstić information content (AvgIpc) is 2.51. The molecule has 3 nitrogen and oxygen atoms in total. The van der Waals surface area contributed by atoms with Gasteiger partial charge in [-0.3, -0.25) is 4.79 Å². The van der Waals surface area contributed by atoms with E-state index in [-0.39, 0.29) is 0 Å². The summed E-state index contributed by atoms with van der Waals surface area (Å²) in [6.45, 7) is 3.27. The standard InChI is InChI=1S/C12H11FO3/c1-6(12(14)15)11-7(2)16-10-5-8(13)3-4-9(10)11/h3-6H,1-2H3,(H,14,15). The zero-order valence-electron chi connectivity index (χ0n) is 8.95. The van der Waals surface area contributed by atoms with Crippen molar-refractivity contribution in [3.05, 3.63) is 35.3 Å². The van der Waals surface area contributed by atoms with Gasteiger partial charge in [0.15, 0.2) is 0 Å². The molecule has 0 bridgehead atoms. The van der Waals surface area contributed by atoms with Gasteiger partial charge in [-0.15, -0.1) is 0 Å². The van der Waals surface area contributed by atoms with E-state index in [2.05, 4.69) is 0 Å². The molecule has 1 atom stereocenters. The lowest BCUT2D eigenvalue weighted by molar-refractivity contribution is -0.138. The molecule has 2 rings (SSSR count). The van der Waals surface area contributed by atoms with Crippen LogP contribution in [0.1, 0.15) is 24.2 Å². The molecule has 0 saturated carbocycles. The van der Waals surface area contributed by atoms with Crippen molar-refractivity contribution in [2.24, 2.45) is 0 Å². The molecule has 0 aliphatic carbocycles. The first-order valence-electron chi connectivity index (χ1n) is 4.92. The van der Waals surface area contributed by atoms with Gasteiger partial charge < -0.3 is 9.52 Å². The summed E-state index contributed by atoms with van der Waals surface area (Å²) in [7, 11) is 0. The molecule has 0 fully saturated rings. The second kappa shape index (κ2) is 3.63. The Balaban J connectivity index is 2.69. The van der Waals surface area contributed by atoms with Crippen LogP contribution in [-0.2, 0) is 4.79 Å². The highest BCUT2D eigenvalue weighted by atomic mass is 19.1. The van der Waals surface area contributed by atoms with Crippen LogP contribution in [0, 0.1) is 12.7 Å². The zero-order valence-corrected chi connectivity index (χ0v) is 8.95. The maximum absolute atomic E-state index is 13.0. The molecular weight excluding hydrogens is 211 g/mol. The van der Waals surface area contributed by atoms with Gasteiger partial charge in [-0.25, -0.2) is 4.39 Å². The molecular formula is C12H11FO3. The number of carboxylic acids is 1. The zero-order chi connectivity index (χ0) is 11.9. The second-order valence-electron chi connectivity index (χ2n) is 3.77. The van der Waals surface area contributed by atoms with E-state index >= 15 is 0 Å². The highest BCUT2D eigenvalue weighted by molar-refractivity contribution is 5.88. The molecule has 1 unspecified atom stereocenters. The smallest absolute Gasteiger partial charge is 0.310 e. The number of carbonyl (C=O) groups is 1. The summed E-state index contributed by atoms with van der Waals surface area (Å²) in [6.07, 6.45) is 0. The summed E-state index contributed by atoms with van der Waals surface area (Å²) in [5, 5.41) is 9.64. The van der Waals surface area contributed by atoms with E-state index in [9.17, 15) is 9.18 Å². The quantitative estimate of drug-likeness (QED) is 0.849. The molecule has 0 aliphatic rings. The number of aliphatic carboxylic acids is 1. The van der Waals surface area contributed by atoms with Crippen molar-refractivity contribution in [3.8, 4) is 0 Å². The van der Waals surface area contributed by atoms with E-state index in [1.165, 1.54) is 12.1 Å². The van der Waals surface area contributed by atoms with Crippen molar-refractivity contribution in [1.29, 1.82) is 0 Å². The van der Waals surface area contributed by atoms with E-state index in [1.54, 1.807) is 19.9 Å². The number of fused-ring (bicyclic) bond motifs is 1. The van der Waals surface area contributed by atoms with Gasteiger partial charge in [0, 0.05) is 17.0 Å². The fraction of sp³-hybridized carbons (Fsp3) is 0.250. The van der Waals surface area contributed by atoms with Crippen molar-refractivity contribution < 1.29 is 18.7 Å². The van der Waals surface area contributed by atoms with Crippen LogP contribution < -0.4 is 0 Å². The van der Waals surface area contributed by atoms with E-state index in [0.717, 1.165) is 0 Å². The number of halogens is 1. The minimum absolute atomic E-state index is 0.389. The van der Waals surface area contributed by atoms with Crippen molar-refractivity contribution in [2.75, 3.05) is 0 Å². The van der Waals surface area contributed by atoms with Gasteiger partial charge in [0.25, 0.3) is 0 Å². The normalized spacial score (nSPS) is 12.9. The molecule has 1 aromatic carbocycles. The Kier molecular flexibility index (Phi) is 2.42. The van der Waals surface area contributed by atoms with Crippen molar-refractivity contribution in [2.45, 2.75) is 19.8 Å². The Morgan fingerprint density at radius 2 is 2.19 bits per heavy atom. The minimum Gasteiger partial charge on any atom is -0.481 e. The molecule has 4 heteroatoms. The topological polar surface area (TPSA) is 50.4 Å². The first-order valence-corrected chi connectivity index (χ1v) is 4.92. The first kappa shape index (κ1) is 10.7. The summed E-state index contributed by atoms with van der Waals surface area (Å²) < 4.78 is 18.3. The maximum Gasteiger partial charge on any atom is 0.310 e. The maximum atomic E-state index is 13.0. The summed E-state index contributed by atoms with van der Waals surface area (Å²) in [6, 6.07) is 4.12. The Bertz CT molecular complexity index is 557. The molecule has 0 aliphatic heterocycles. The van der Waals surface area contributed by atoms with Gasteiger partial charge in [-0.2, -0.15) is 0 Å². The van der Waals surface area contributed by atoms with Crippen LogP contribution in [0.25, 0.3) is 11.0 Å². The Morgan fingerprint density at radius 3 is 2.81 bits per heavy atom. The SMILES string of the molecule is Cc1oc2cc(F)ccc2c1C(C)C(=O)O. The molecule has 2 aromatic rings. The van der Waals surface area contributed by atoms with Gasteiger partial charge in [0.1, 0.15) is 17.2 Å². The second-order valence-corrected chi connectivity index (χ2v) is 3.77. The van der Waals surface area contributed by atoms with Crippen molar-refractivity contribution in [1.82, 2.24) is 0 Å². The molecule has 0 spiro atoms. The van der Waals surface area contributed by atoms with Crippen LogP contribution >= 0.6 is 0 Å². The van der Waals surface area contributed by atoms with Gasteiger partial charge in [-0.1, -0.05) is 0 Å². The van der Waals surface area contributed by atoms with Crippen LogP contribution in [0.4, 0.5) is 4.39 Å². The van der Waals surface area contributed by atoms with Crippen molar-refractivity contribution in [3.63, 3.8) is 0 Å². The van der Waals surface area contributed by atoms with Crippen LogP contribution in [0.2, 0.25) is 0 Å². The fourth-order valence-corrected chi connectivity index (χ4v) is 1.87. The molecule has 16 heavy (non-hydrogen) atoms. The van der Waals surface area contributed by atoms with Crippen LogP contribution in [0.3, 0.4) is 0 Å². The lowest BCUT2D eigenvalue weighted by atomic mass is 9.98. The van der Waals surface area contributed by atoms with Gasteiger partial charge in [-0.05, 0) is 26.0 Å². The molecule has 1 heterocycles. The van der Waals surface area contributed by atoms with E-state index in [4.69, 9.17) is 9.52 Å². The third-order valence-corrected chi connectivity index (χ3v) is 2.68. The number of aryl methyl sites for hydroxylation is 1. The van der Waals surface area contributed by atoms with Crippen molar-refractivity contribution >= 4 is 16.9 Å². The number of furan rings is 1. The molecule has 0 radical (unpaired) electrons. The molecule has 1 aromatic heterocycles. The number of hydrogen-bond donors (Lipinski definition) is 1. The first-order chi connectivity index (χ1) is 7.50. The van der Waals surface area contributed by atoms with Crippen LogP contribution in [0.15, 0.2) is 22.6 Å². The monoisotopic (exact) mass is 222 g/mol. The molecule has 0 saturated heterocycles. The van der Waals surface area contributed by atoms with E-state index in [0.29, 0.717) is 22.3 Å². The highest BCUT2D eigenvalue weighted by Gasteiger charge is 2.22. The predicted octanol–water partition coefficient (Wildman–Crippen LogP) is 3.07. The molecule has 1 N–H and O–H groups in total. The average molecular weight is 222 g/mol. The number of benzene rings is 1. The summed E-state index contributed by atoms with van der Waals surface area (Å²) in [5.74, 6) is -1.45. The minimum atomic E-state index is -0.921. The fourth-order valence-electron chi connectivity index (χ4n) is 1.87. The van der Waals surface area contributed by atoms with Crippen LogP contribution in [-0.4, -0.2) is 11.1 Å². The number of carboxylic acid groups (broad SMARTS) is 1. The van der Waals surface area contributed by atoms with Gasteiger partial charge in [0.2, 0.25) is 0 Å². The Morgan fingerprint density at radius 1 is 1.50 bits per heavy atom. The highest BCUT2D eigenvalue weighted by Crippen LogP contribution is 2.31. The molecule has 84 valence electrons. The third kappa shape index (κ3) is 1.56. The summed E-state index contributed by atoms with van der Waals surface area (Å²) >= 11 is 0. The van der Waals surface area contributed by atoms with E-state index in [1.807, 2.05) is 0 Å². The number of hydrogen-bond acceptors (Lipinski definition) is 2. The van der Waals surface area contributed by atoms with Gasteiger partial charge in [0.05, 0.1) is 5.92 Å². The molecule has 0 amide bonds.